The van der Waals surface area contributed by atoms with E-state index in [4.69, 9.17) is 14.2 Å². The molecule has 0 radical (unpaired) electrons. The Bertz CT molecular complexity index is 535. The standard InChI is InChI=1S/C5H11NO2.C4H9NO6S2/c1-6(2,3)4-5(7)8;6-12(7,8)5(13(9,10)11)3-1-2-4-5/h4H2,1-3H3;1-4H2,(H-,6,7,8,9,10,11)/p+2. The lowest BCUT2D eigenvalue weighted by atomic mass is 10.4. The van der Waals surface area contributed by atoms with Crippen LogP contribution in [0.4, 0.5) is 0 Å². The van der Waals surface area contributed by atoms with Gasteiger partial charge in [-0.05, 0) is 0 Å². The number of hydrogen-bond donors (Lipinski definition) is 3. The molecule has 1 heterocycles. The third kappa shape index (κ3) is 5.84. The van der Waals surface area contributed by atoms with E-state index in [9.17, 15) is 21.6 Å². The van der Waals surface area contributed by atoms with E-state index in [0.29, 0.717) is 17.3 Å². The third-order valence-corrected chi connectivity index (χ3v) is 6.24. The highest BCUT2D eigenvalue weighted by molar-refractivity contribution is 7.92. The van der Waals surface area contributed by atoms with Crippen molar-refractivity contribution in [1.82, 2.24) is 0 Å². The largest absolute Gasteiger partial charge is 0.477 e. The summed E-state index contributed by atoms with van der Waals surface area (Å²) in [7, 11) is -4.12. The topological polar surface area (TPSA) is 146 Å². The monoisotopic (exact) mass is 350 g/mol. The number of quaternary nitrogens is 2. The van der Waals surface area contributed by atoms with Gasteiger partial charge >= 0.3 is 26.6 Å². The average molecular weight is 350 g/mol. The Morgan fingerprint density at radius 1 is 1.00 bits per heavy atom. The van der Waals surface area contributed by atoms with Crippen molar-refractivity contribution in [1.29, 1.82) is 0 Å². The summed E-state index contributed by atoms with van der Waals surface area (Å²) in [5, 5.41) is 8.23. The fraction of sp³-hybridized carbons (Fsp3) is 0.889. The average Bonchev–Trinajstić information content (AvgIpc) is 2.60. The van der Waals surface area contributed by atoms with Crippen LogP contribution in [0.5, 0.6) is 0 Å². The Kier molecular flexibility index (Phi) is 6.29. The zero-order chi connectivity index (χ0) is 17.1. The molecule has 0 atom stereocenters. The highest BCUT2D eigenvalue weighted by Crippen LogP contribution is 2.27. The first-order chi connectivity index (χ1) is 9.12. The van der Waals surface area contributed by atoms with Gasteiger partial charge in [-0.3, -0.25) is 0 Å². The van der Waals surface area contributed by atoms with E-state index in [2.05, 4.69) is 0 Å². The van der Waals surface area contributed by atoms with Crippen LogP contribution in [0.15, 0.2) is 0 Å². The summed E-state index contributed by atoms with van der Waals surface area (Å²) in [6, 6.07) is 0. The van der Waals surface area contributed by atoms with E-state index in [-0.39, 0.29) is 19.6 Å². The highest BCUT2D eigenvalue weighted by Gasteiger charge is 2.54. The Labute approximate surface area is 124 Å². The Morgan fingerprint density at radius 2 is 1.33 bits per heavy atom. The van der Waals surface area contributed by atoms with Gasteiger partial charge in [0.15, 0.2) is 6.54 Å². The second-order valence-electron chi connectivity index (χ2n) is 5.71. The summed E-state index contributed by atoms with van der Waals surface area (Å²) in [6.07, 6.45) is 0.666. The molecule has 0 aromatic heterocycles. The lowest BCUT2D eigenvalue weighted by Crippen LogP contribution is -2.53. The summed E-state index contributed by atoms with van der Waals surface area (Å²) in [4.78, 5) is 10.00. The molecule has 126 valence electrons. The smallest absolute Gasteiger partial charge is 0.449 e. The van der Waals surface area contributed by atoms with Gasteiger partial charge in [0.25, 0.3) is 0 Å². The van der Waals surface area contributed by atoms with Crippen LogP contribution >= 0.6 is 0 Å². The molecule has 3 N–H and O–H groups in total. The molecule has 1 aliphatic heterocycles. The first kappa shape index (κ1) is 20.2. The quantitative estimate of drug-likeness (QED) is 0.431. The first-order valence-electron chi connectivity index (χ1n) is 5.97. The number of carboxylic acid groups (broad SMARTS) is 1. The molecule has 0 saturated carbocycles. The van der Waals surface area contributed by atoms with E-state index < -0.39 is 29.9 Å². The molecule has 21 heavy (non-hydrogen) atoms. The molecule has 0 bridgehead atoms. The molecule has 1 rings (SSSR count). The van der Waals surface area contributed by atoms with E-state index in [1.54, 1.807) is 0 Å². The second-order valence-corrected chi connectivity index (χ2v) is 9.13. The molecular weight excluding hydrogens is 328 g/mol. The molecule has 12 heteroatoms. The molecule has 0 aromatic rings. The number of carbonyl (C=O) groups is 1. The molecule has 0 aliphatic carbocycles. The van der Waals surface area contributed by atoms with Crippen molar-refractivity contribution < 1.29 is 43.6 Å². The Hall–Kier alpha value is -0.790. The van der Waals surface area contributed by atoms with Gasteiger partial charge in [-0.25, -0.2) is 13.9 Å². The maximum atomic E-state index is 10.8. The van der Waals surface area contributed by atoms with Gasteiger partial charge in [0.1, 0.15) is 13.1 Å². The number of carboxylic acids is 1. The van der Waals surface area contributed by atoms with E-state index in [1.807, 2.05) is 21.1 Å². The molecular formula is C9H22N2O8S2+2. The number of likely N-dealkylation sites (N-methyl/N-ethyl adjacent to an activating group) is 1. The molecule has 10 nitrogen and oxygen atoms in total. The number of hydrogen-bond acceptors (Lipinski definition) is 5. The van der Waals surface area contributed by atoms with Crippen LogP contribution in [0.3, 0.4) is 0 Å². The van der Waals surface area contributed by atoms with Gasteiger partial charge in [-0.2, -0.15) is 0 Å². The minimum absolute atomic E-state index is 0.181. The van der Waals surface area contributed by atoms with Crippen LogP contribution < -0.4 is 0 Å². The van der Waals surface area contributed by atoms with Gasteiger partial charge in [0.05, 0.1) is 21.1 Å². The van der Waals surface area contributed by atoms with Crippen LogP contribution in [0.1, 0.15) is 12.8 Å². The third-order valence-electron chi connectivity index (χ3n) is 2.70. The van der Waals surface area contributed by atoms with Crippen molar-refractivity contribution in [3.05, 3.63) is 0 Å². The SMILES string of the molecule is C[N+](C)(C)CC(=O)O.O=S(=O)(O)[N+]1(S(=O)(=O)O)CCCC1. The molecule has 0 spiro atoms. The van der Waals surface area contributed by atoms with Crippen LogP contribution in [0.25, 0.3) is 0 Å². The van der Waals surface area contributed by atoms with Crippen molar-refractivity contribution in [3.8, 4) is 0 Å². The molecule has 0 unspecified atom stereocenters. The van der Waals surface area contributed by atoms with Crippen molar-refractivity contribution in [2.75, 3.05) is 40.8 Å². The van der Waals surface area contributed by atoms with E-state index in [0.717, 1.165) is 0 Å². The minimum atomic E-state index is -4.82. The summed E-state index contributed by atoms with van der Waals surface area (Å²) in [5.74, 6) is -0.752. The van der Waals surface area contributed by atoms with Gasteiger partial charge in [0, 0.05) is 12.8 Å². The van der Waals surface area contributed by atoms with Crippen LogP contribution in [-0.2, 0) is 25.4 Å². The summed E-state index contributed by atoms with van der Waals surface area (Å²) >= 11 is 0. The van der Waals surface area contributed by atoms with Crippen molar-refractivity contribution in [2.24, 2.45) is 0 Å². The number of rotatable bonds is 4. The van der Waals surface area contributed by atoms with E-state index >= 15 is 0 Å². The van der Waals surface area contributed by atoms with Crippen LogP contribution in [0.2, 0.25) is 0 Å². The van der Waals surface area contributed by atoms with Gasteiger partial charge in [-0.15, -0.1) is 16.8 Å². The van der Waals surface area contributed by atoms with Crippen LogP contribution in [-0.4, -0.2) is 85.6 Å². The molecule has 1 aliphatic rings. The van der Waals surface area contributed by atoms with Crippen LogP contribution in [0, 0.1) is 0 Å². The van der Waals surface area contributed by atoms with E-state index in [1.165, 1.54) is 0 Å². The van der Waals surface area contributed by atoms with Gasteiger partial charge < -0.3 is 9.59 Å². The zero-order valence-corrected chi connectivity index (χ0v) is 13.8. The highest BCUT2D eigenvalue weighted by atomic mass is 32.3. The summed E-state index contributed by atoms with van der Waals surface area (Å²) in [6.45, 7) is -0.435. The predicted molar refractivity (Wildman–Crippen MR) is 72.9 cm³/mol. The Balaban J connectivity index is 0.000000433. The maximum absolute atomic E-state index is 10.8. The minimum Gasteiger partial charge on any atom is -0.477 e. The lowest BCUT2D eigenvalue weighted by molar-refractivity contribution is -0.862. The summed E-state index contributed by atoms with van der Waals surface area (Å²) < 4.78 is 59.4. The normalized spacial score (nSPS) is 18.7. The molecule has 0 amide bonds. The Morgan fingerprint density at radius 3 is 1.43 bits per heavy atom. The maximum Gasteiger partial charge on any atom is 0.449 e. The second kappa shape index (κ2) is 6.54. The van der Waals surface area contributed by atoms with Crippen molar-refractivity contribution in [2.45, 2.75) is 12.8 Å². The fourth-order valence-corrected chi connectivity index (χ4v) is 4.19. The predicted octanol–water partition coefficient (Wildman–Crippen LogP) is -1.02. The fourth-order valence-electron chi connectivity index (χ4n) is 1.80. The molecule has 1 saturated heterocycles. The first-order valence-corrected chi connectivity index (χ1v) is 8.76. The van der Waals surface area contributed by atoms with Crippen molar-refractivity contribution >= 4 is 26.6 Å². The summed E-state index contributed by atoms with van der Waals surface area (Å²) in [5.41, 5.74) is 0. The molecule has 1 fully saturated rings. The van der Waals surface area contributed by atoms with Crippen molar-refractivity contribution in [3.63, 3.8) is 0 Å². The zero-order valence-electron chi connectivity index (χ0n) is 12.1. The molecule has 0 aromatic carbocycles. The number of aliphatic carboxylic acids is 1. The van der Waals surface area contributed by atoms with Gasteiger partial charge in [-0.1, -0.05) is 3.29 Å². The number of nitrogens with zero attached hydrogens (tertiary/aromatic N) is 2. The lowest BCUT2D eigenvalue weighted by Gasteiger charge is -2.23. The van der Waals surface area contributed by atoms with Gasteiger partial charge in [0.2, 0.25) is 0 Å².